The fourth-order valence-electron chi connectivity index (χ4n) is 3.30. The molecule has 0 radical (unpaired) electrons. The molecule has 2 aromatic rings. The summed E-state index contributed by atoms with van der Waals surface area (Å²) in [6, 6.07) is 3.24. The van der Waals surface area contributed by atoms with Gasteiger partial charge in [0, 0.05) is 17.5 Å². The maximum Gasteiger partial charge on any atom is 0.257 e. The van der Waals surface area contributed by atoms with Crippen molar-refractivity contribution < 1.29 is 14.3 Å². The van der Waals surface area contributed by atoms with E-state index < -0.39 is 0 Å². The number of nitrogens with zero attached hydrogens (tertiary/aromatic N) is 2. The van der Waals surface area contributed by atoms with Gasteiger partial charge in [-0.1, -0.05) is 18.5 Å². The van der Waals surface area contributed by atoms with Gasteiger partial charge in [-0.05, 0) is 44.0 Å². The predicted molar refractivity (Wildman–Crippen MR) is 106 cm³/mol. The zero-order chi connectivity index (χ0) is 18.8. The van der Waals surface area contributed by atoms with E-state index in [0.717, 1.165) is 31.2 Å². The number of thiazole rings is 1. The summed E-state index contributed by atoms with van der Waals surface area (Å²) in [5.74, 6) is 1.54. The first-order valence-corrected chi connectivity index (χ1v) is 10.4. The Balaban J connectivity index is 1.40. The molecule has 2 aliphatic rings. The average molecular weight is 408 g/mol. The molecule has 27 heavy (non-hydrogen) atoms. The third-order valence-electron chi connectivity index (χ3n) is 4.89. The molecule has 1 aromatic heterocycles. The van der Waals surface area contributed by atoms with Crippen molar-refractivity contribution in [2.24, 2.45) is 5.92 Å². The molecule has 0 unspecified atom stereocenters. The molecular formula is C19H22ClN3O3S. The number of ether oxygens (including phenoxy) is 2. The summed E-state index contributed by atoms with van der Waals surface area (Å²) in [5.41, 5.74) is 1.41. The van der Waals surface area contributed by atoms with Gasteiger partial charge in [-0.25, -0.2) is 4.98 Å². The Hall–Kier alpha value is -1.83. The van der Waals surface area contributed by atoms with Crippen LogP contribution in [0.1, 0.15) is 35.8 Å². The summed E-state index contributed by atoms with van der Waals surface area (Å²) in [6.45, 7) is 6.24. The standard InChI is InChI=1S/C19H22ClN3O3S/c1-12-2-4-23(5-3-12)10-14-11-27-19(21-14)22-18(24)13-8-15(20)17-16(9-13)25-6-7-26-17/h8-9,11-12H,2-7,10H2,1H3,(H,21,22,24). The number of piperidine rings is 1. The van der Waals surface area contributed by atoms with E-state index in [1.807, 2.05) is 5.38 Å². The van der Waals surface area contributed by atoms with Gasteiger partial charge in [0.1, 0.15) is 13.2 Å². The van der Waals surface area contributed by atoms with E-state index in [-0.39, 0.29) is 5.91 Å². The fourth-order valence-corrected chi connectivity index (χ4v) is 4.26. The van der Waals surface area contributed by atoms with Gasteiger partial charge in [-0.15, -0.1) is 11.3 Å². The van der Waals surface area contributed by atoms with Crippen LogP contribution >= 0.6 is 22.9 Å². The van der Waals surface area contributed by atoms with Crippen molar-refractivity contribution in [2.45, 2.75) is 26.3 Å². The van der Waals surface area contributed by atoms with Gasteiger partial charge in [0.05, 0.1) is 10.7 Å². The largest absolute Gasteiger partial charge is 0.486 e. The Morgan fingerprint density at radius 1 is 1.33 bits per heavy atom. The highest BCUT2D eigenvalue weighted by atomic mass is 35.5. The summed E-state index contributed by atoms with van der Waals surface area (Å²) in [5, 5.41) is 5.82. The lowest BCUT2D eigenvalue weighted by atomic mass is 9.99. The number of carbonyl (C=O) groups excluding carboxylic acids is 1. The Bertz CT molecular complexity index is 834. The molecule has 0 aliphatic carbocycles. The van der Waals surface area contributed by atoms with Gasteiger partial charge in [0.15, 0.2) is 16.6 Å². The second-order valence-electron chi connectivity index (χ2n) is 7.04. The minimum absolute atomic E-state index is 0.262. The highest BCUT2D eigenvalue weighted by Gasteiger charge is 2.20. The third kappa shape index (κ3) is 4.36. The van der Waals surface area contributed by atoms with E-state index in [9.17, 15) is 4.79 Å². The van der Waals surface area contributed by atoms with Crippen LogP contribution in [0.15, 0.2) is 17.5 Å². The highest BCUT2D eigenvalue weighted by Crippen LogP contribution is 2.38. The zero-order valence-electron chi connectivity index (χ0n) is 15.2. The number of aromatic nitrogens is 1. The molecule has 6 nitrogen and oxygen atoms in total. The number of benzene rings is 1. The molecular weight excluding hydrogens is 386 g/mol. The van der Waals surface area contributed by atoms with E-state index >= 15 is 0 Å². The van der Waals surface area contributed by atoms with Crippen LogP contribution in [0.5, 0.6) is 11.5 Å². The Labute approximate surface area is 167 Å². The SMILES string of the molecule is CC1CCN(Cc2csc(NC(=O)c3cc(Cl)c4c(c3)OCCO4)n2)CC1. The first kappa shape index (κ1) is 18.5. The second kappa shape index (κ2) is 8.04. The van der Waals surface area contributed by atoms with Crippen LogP contribution in [-0.4, -0.2) is 42.1 Å². The molecule has 1 amide bonds. The number of rotatable bonds is 4. The number of fused-ring (bicyclic) bond motifs is 1. The maximum absolute atomic E-state index is 12.6. The molecule has 3 heterocycles. The van der Waals surface area contributed by atoms with E-state index in [1.165, 1.54) is 24.2 Å². The minimum atomic E-state index is -0.262. The Morgan fingerprint density at radius 3 is 2.93 bits per heavy atom. The van der Waals surface area contributed by atoms with Crippen molar-refractivity contribution in [1.82, 2.24) is 9.88 Å². The van der Waals surface area contributed by atoms with E-state index in [4.69, 9.17) is 21.1 Å². The third-order valence-corrected chi connectivity index (χ3v) is 5.98. The van der Waals surface area contributed by atoms with Crippen LogP contribution in [-0.2, 0) is 6.54 Å². The van der Waals surface area contributed by atoms with Crippen molar-refractivity contribution >= 4 is 34.0 Å². The smallest absolute Gasteiger partial charge is 0.257 e. The average Bonchev–Trinajstić information content (AvgIpc) is 3.10. The van der Waals surface area contributed by atoms with Gasteiger partial charge in [0.2, 0.25) is 0 Å². The summed E-state index contributed by atoms with van der Waals surface area (Å²) in [7, 11) is 0. The monoisotopic (exact) mass is 407 g/mol. The zero-order valence-corrected chi connectivity index (χ0v) is 16.7. The number of halogens is 1. The summed E-state index contributed by atoms with van der Waals surface area (Å²) in [4.78, 5) is 19.6. The first-order chi connectivity index (χ1) is 13.1. The Morgan fingerprint density at radius 2 is 2.11 bits per heavy atom. The molecule has 1 aromatic carbocycles. The van der Waals surface area contributed by atoms with E-state index in [2.05, 4.69) is 22.1 Å². The first-order valence-electron chi connectivity index (χ1n) is 9.16. The number of carbonyl (C=O) groups is 1. The summed E-state index contributed by atoms with van der Waals surface area (Å²) < 4.78 is 11.0. The van der Waals surface area contributed by atoms with Crippen LogP contribution in [0.2, 0.25) is 5.02 Å². The molecule has 8 heteroatoms. The molecule has 1 N–H and O–H groups in total. The molecule has 0 saturated carbocycles. The molecule has 1 saturated heterocycles. The molecule has 0 atom stereocenters. The highest BCUT2D eigenvalue weighted by molar-refractivity contribution is 7.14. The number of nitrogens with one attached hydrogen (secondary N) is 1. The molecule has 144 valence electrons. The topological polar surface area (TPSA) is 63.7 Å². The molecule has 0 bridgehead atoms. The summed E-state index contributed by atoms with van der Waals surface area (Å²) in [6.07, 6.45) is 2.47. The normalized spacial score (nSPS) is 17.7. The van der Waals surface area contributed by atoms with Crippen molar-refractivity contribution in [3.05, 3.63) is 33.8 Å². The van der Waals surface area contributed by atoms with Gasteiger partial charge >= 0.3 is 0 Å². The predicted octanol–water partition coefficient (Wildman–Crippen LogP) is 4.05. The quantitative estimate of drug-likeness (QED) is 0.828. The molecule has 0 spiro atoms. The van der Waals surface area contributed by atoms with E-state index in [1.54, 1.807) is 12.1 Å². The van der Waals surface area contributed by atoms with Crippen molar-refractivity contribution in [3.63, 3.8) is 0 Å². The van der Waals surface area contributed by atoms with Crippen molar-refractivity contribution in [2.75, 3.05) is 31.6 Å². The lowest BCUT2D eigenvalue weighted by molar-refractivity contribution is 0.102. The lowest BCUT2D eigenvalue weighted by Crippen LogP contribution is -2.32. The van der Waals surface area contributed by atoms with Gasteiger partial charge in [-0.2, -0.15) is 0 Å². The lowest BCUT2D eigenvalue weighted by Gasteiger charge is -2.29. The fraction of sp³-hybridized carbons (Fsp3) is 0.474. The van der Waals surface area contributed by atoms with Gasteiger partial charge < -0.3 is 9.47 Å². The number of anilines is 1. The summed E-state index contributed by atoms with van der Waals surface area (Å²) >= 11 is 7.65. The van der Waals surface area contributed by atoms with Crippen LogP contribution in [0.3, 0.4) is 0 Å². The molecule has 2 aliphatic heterocycles. The second-order valence-corrected chi connectivity index (χ2v) is 8.30. The number of likely N-dealkylation sites (tertiary alicyclic amines) is 1. The van der Waals surface area contributed by atoms with Gasteiger partial charge in [0.25, 0.3) is 5.91 Å². The minimum Gasteiger partial charge on any atom is -0.486 e. The van der Waals surface area contributed by atoms with Crippen LogP contribution in [0.25, 0.3) is 0 Å². The van der Waals surface area contributed by atoms with Crippen LogP contribution in [0, 0.1) is 5.92 Å². The van der Waals surface area contributed by atoms with E-state index in [0.29, 0.717) is 40.4 Å². The number of amides is 1. The van der Waals surface area contributed by atoms with Crippen molar-refractivity contribution in [3.8, 4) is 11.5 Å². The number of hydrogen-bond acceptors (Lipinski definition) is 6. The van der Waals surface area contributed by atoms with Crippen molar-refractivity contribution in [1.29, 1.82) is 0 Å². The molecule has 1 fully saturated rings. The molecule has 4 rings (SSSR count). The maximum atomic E-state index is 12.6. The van der Waals surface area contributed by atoms with Crippen LogP contribution < -0.4 is 14.8 Å². The van der Waals surface area contributed by atoms with Crippen LogP contribution in [0.4, 0.5) is 5.13 Å². The number of hydrogen-bond donors (Lipinski definition) is 1. The van der Waals surface area contributed by atoms with Gasteiger partial charge in [-0.3, -0.25) is 15.0 Å². The Kier molecular flexibility index (Phi) is 5.52.